The number of amides is 1. The molecule has 0 N–H and O–H groups in total. The molecule has 0 aromatic carbocycles. The maximum Gasteiger partial charge on any atom is 0.270 e. The van der Waals surface area contributed by atoms with Crippen LogP contribution in [-0.2, 0) is 13.5 Å². The number of nitrogens with zero attached hydrogens (tertiary/aromatic N) is 6. The maximum absolute atomic E-state index is 13.3. The number of fused-ring (bicyclic) bond motifs is 1. The SMILES string of the molecule is Cc1csc(CC2CCCN(C(=O)c3cc4c(N(C)C)ncnc4n3C)C2)n1. The van der Waals surface area contributed by atoms with Crippen molar-refractivity contribution in [3.63, 3.8) is 0 Å². The van der Waals surface area contributed by atoms with E-state index in [9.17, 15) is 4.79 Å². The quantitative estimate of drug-likeness (QED) is 0.676. The Balaban J connectivity index is 1.57. The van der Waals surface area contributed by atoms with Crippen molar-refractivity contribution < 1.29 is 4.79 Å². The molecule has 1 fully saturated rings. The van der Waals surface area contributed by atoms with Gasteiger partial charge in [0.25, 0.3) is 5.91 Å². The number of carbonyl (C=O) groups excluding carboxylic acids is 1. The zero-order valence-electron chi connectivity index (χ0n) is 16.8. The van der Waals surface area contributed by atoms with Gasteiger partial charge in [0.1, 0.15) is 23.5 Å². The number of carbonyl (C=O) groups is 1. The van der Waals surface area contributed by atoms with Crippen LogP contribution >= 0.6 is 11.3 Å². The molecule has 28 heavy (non-hydrogen) atoms. The molecule has 4 heterocycles. The highest BCUT2D eigenvalue weighted by Gasteiger charge is 2.28. The second-order valence-electron chi connectivity index (χ2n) is 7.76. The van der Waals surface area contributed by atoms with Gasteiger partial charge in [-0.3, -0.25) is 4.79 Å². The Morgan fingerprint density at radius 2 is 2.18 bits per heavy atom. The van der Waals surface area contributed by atoms with Crippen LogP contribution in [0.5, 0.6) is 0 Å². The summed E-state index contributed by atoms with van der Waals surface area (Å²) in [6.45, 7) is 3.62. The van der Waals surface area contributed by atoms with Crippen LogP contribution < -0.4 is 4.90 Å². The monoisotopic (exact) mass is 398 g/mol. The minimum Gasteiger partial charge on any atom is -0.362 e. The third-order valence-electron chi connectivity index (χ3n) is 5.38. The Bertz CT molecular complexity index is 1010. The molecule has 3 aromatic heterocycles. The number of aryl methyl sites for hydroxylation is 2. The molecular formula is C20H26N6OS. The minimum absolute atomic E-state index is 0.0743. The molecule has 1 amide bonds. The fraction of sp³-hybridized carbons (Fsp3) is 0.500. The lowest BCUT2D eigenvalue weighted by molar-refractivity contribution is 0.0664. The molecule has 0 aliphatic carbocycles. The fourth-order valence-electron chi connectivity index (χ4n) is 4.00. The first kappa shape index (κ1) is 18.9. The van der Waals surface area contributed by atoms with Gasteiger partial charge in [0.2, 0.25) is 0 Å². The van der Waals surface area contributed by atoms with E-state index in [1.807, 2.05) is 48.5 Å². The Hall–Kier alpha value is -2.48. The second-order valence-corrected chi connectivity index (χ2v) is 8.71. The fourth-order valence-corrected chi connectivity index (χ4v) is 4.89. The van der Waals surface area contributed by atoms with E-state index in [1.165, 1.54) is 5.01 Å². The first-order chi connectivity index (χ1) is 13.4. The zero-order valence-corrected chi connectivity index (χ0v) is 17.7. The molecule has 3 aromatic rings. The van der Waals surface area contributed by atoms with Crippen LogP contribution in [0.25, 0.3) is 11.0 Å². The van der Waals surface area contributed by atoms with Crippen molar-refractivity contribution in [2.45, 2.75) is 26.2 Å². The summed E-state index contributed by atoms with van der Waals surface area (Å²) in [5.74, 6) is 1.37. The Morgan fingerprint density at radius 1 is 1.36 bits per heavy atom. The van der Waals surface area contributed by atoms with Crippen LogP contribution in [0.1, 0.15) is 34.0 Å². The van der Waals surface area contributed by atoms with E-state index in [0.717, 1.165) is 54.9 Å². The van der Waals surface area contributed by atoms with E-state index in [2.05, 4.69) is 20.3 Å². The molecule has 1 unspecified atom stereocenters. The Labute approximate surface area is 169 Å². The molecule has 0 saturated carbocycles. The van der Waals surface area contributed by atoms with Gasteiger partial charge in [0.15, 0.2) is 0 Å². The summed E-state index contributed by atoms with van der Waals surface area (Å²) in [5, 5.41) is 4.18. The first-order valence-electron chi connectivity index (χ1n) is 9.62. The van der Waals surface area contributed by atoms with Gasteiger partial charge in [-0.15, -0.1) is 11.3 Å². The average molecular weight is 399 g/mol. The van der Waals surface area contributed by atoms with Gasteiger partial charge in [-0.25, -0.2) is 15.0 Å². The third kappa shape index (κ3) is 3.48. The molecule has 1 atom stereocenters. The smallest absolute Gasteiger partial charge is 0.270 e. The summed E-state index contributed by atoms with van der Waals surface area (Å²) in [7, 11) is 5.80. The molecule has 0 spiro atoms. The summed E-state index contributed by atoms with van der Waals surface area (Å²) in [6.07, 6.45) is 4.69. The topological polar surface area (TPSA) is 67.2 Å². The van der Waals surface area contributed by atoms with E-state index >= 15 is 0 Å². The lowest BCUT2D eigenvalue weighted by atomic mass is 9.95. The van der Waals surface area contributed by atoms with Crippen molar-refractivity contribution in [3.05, 3.63) is 34.2 Å². The van der Waals surface area contributed by atoms with Crippen LogP contribution in [0, 0.1) is 12.8 Å². The summed E-state index contributed by atoms with van der Waals surface area (Å²) < 4.78 is 1.89. The number of likely N-dealkylation sites (tertiary alicyclic amines) is 1. The molecule has 1 aliphatic heterocycles. The number of rotatable bonds is 4. The molecule has 8 heteroatoms. The van der Waals surface area contributed by atoms with Gasteiger partial charge in [-0.2, -0.15) is 0 Å². The normalized spacial score (nSPS) is 17.3. The highest BCUT2D eigenvalue weighted by molar-refractivity contribution is 7.09. The van der Waals surface area contributed by atoms with E-state index in [4.69, 9.17) is 0 Å². The number of thiazole rings is 1. The molecule has 1 aliphatic rings. The highest BCUT2D eigenvalue weighted by atomic mass is 32.1. The lowest BCUT2D eigenvalue weighted by Gasteiger charge is -2.32. The molecular weight excluding hydrogens is 372 g/mol. The third-order valence-corrected chi connectivity index (χ3v) is 6.37. The van der Waals surface area contributed by atoms with Crippen LogP contribution in [0.3, 0.4) is 0 Å². The van der Waals surface area contributed by atoms with E-state index < -0.39 is 0 Å². The average Bonchev–Trinajstić information content (AvgIpc) is 3.24. The van der Waals surface area contributed by atoms with Crippen molar-refractivity contribution in [2.24, 2.45) is 13.0 Å². The van der Waals surface area contributed by atoms with Gasteiger partial charge in [-0.1, -0.05) is 0 Å². The largest absolute Gasteiger partial charge is 0.362 e. The van der Waals surface area contributed by atoms with E-state index in [1.54, 1.807) is 17.7 Å². The van der Waals surface area contributed by atoms with Crippen LogP contribution in [0.2, 0.25) is 0 Å². The Kier molecular flexibility index (Phi) is 5.05. The minimum atomic E-state index is 0.0743. The summed E-state index contributed by atoms with van der Waals surface area (Å²) in [4.78, 5) is 30.6. The molecule has 4 rings (SSSR count). The van der Waals surface area contributed by atoms with Gasteiger partial charge in [0.05, 0.1) is 10.4 Å². The predicted molar refractivity (Wildman–Crippen MR) is 112 cm³/mol. The number of piperidine rings is 1. The number of hydrogen-bond acceptors (Lipinski definition) is 6. The summed E-state index contributed by atoms with van der Waals surface area (Å²) in [5.41, 5.74) is 2.54. The zero-order chi connectivity index (χ0) is 19.8. The molecule has 7 nitrogen and oxygen atoms in total. The van der Waals surface area contributed by atoms with Crippen molar-refractivity contribution >= 4 is 34.1 Å². The highest BCUT2D eigenvalue weighted by Crippen LogP contribution is 2.27. The predicted octanol–water partition coefficient (Wildman–Crippen LogP) is 2.89. The van der Waals surface area contributed by atoms with Crippen molar-refractivity contribution in [1.82, 2.24) is 24.4 Å². The Morgan fingerprint density at radius 3 is 2.89 bits per heavy atom. The second kappa shape index (κ2) is 7.50. The van der Waals surface area contributed by atoms with Crippen LogP contribution in [0.4, 0.5) is 5.82 Å². The summed E-state index contributed by atoms with van der Waals surface area (Å²) in [6, 6.07) is 1.93. The molecule has 148 valence electrons. The molecule has 0 radical (unpaired) electrons. The first-order valence-corrected chi connectivity index (χ1v) is 10.5. The van der Waals surface area contributed by atoms with E-state index in [0.29, 0.717) is 11.6 Å². The van der Waals surface area contributed by atoms with Crippen LogP contribution in [-0.4, -0.2) is 57.5 Å². The number of hydrogen-bond donors (Lipinski definition) is 0. The van der Waals surface area contributed by atoms with E-state index in [-0.39, 0.29) is 5.91 Å². The number of aromatic nitrogens is 4. The van der Waals surface area contributed by atoms with Gasteiger partial charge >= 0.3 is 0 Å². The van der Waals surface area contributed by atoms with Gasteiger partial charge in [0, 0.05) is 51.7 Å². The molecule has 1 saturated heterocycles. The number of anilines is 1. The standard InChI is InChI=1S/C20H26N6OS/c1-13-11-28-17(23-13)8-14-6-5-7-26(10-14)20(27)16-9-15-18(24(2)3)21-12-22-19(15)25(16)4/h9,11-12,14H,5-8,10H2,1-4H3. The van der Waals surface area contributed by atoms with Gasteiger partial charge < -0.3 is 14.4 Å². The lowest BCUT2D eigenvalue weighted by Crippen LogP contribution is -2.41. The van der Waals surface area contributed by atoms with Crippen LogP contribution in [0.15, 0.2) is 17.8 Å². The van der Waals surface area contributed by atoms with Crippen molar-refractivity contribution in [3.8, 4) is 0 Å². The van der Waals surface area contributed by atoms with Gasteiger partial charge in [-0.05, 0) is 31.7 Å². The van der Waals surface area contributed by atoms with Crippen molar-refractivity contribution in [2.75, 3.05) is 32.1 Å². The molecule has 0 bridgehead atoms. The van der Waals surface area contributed by atoms with Crippen molar-refractivity contribution in [1.29, 1.82) is 0 Å². The summed E-state index contributed by atoms with van der Waals surface area (Å²) >= 11 is 1.72. The maximum atomic E-state index is 13.3.